The number of nitrogens with one attached hydrogen (secondary N) is 2. The van der Waals surface area contributed by atoms with Gasteiger partial charge in [-0.3, -0.25) is 0 Å². The second-order valence-corrected chi connectivity index (χ2v) is 5.37. The molecule has 6 nitrogen and oxygen atoms in total. The number of hydrogen-bond acceptors (Lipinski definition) is 3. The molecule has 1 fully saturated rings. The predicted octanol–water partition coefficient (Wildman–Crippen LogP) is 2.59. The zero-order valence-electron chi connectivity index (χ0n) is 12.6. The lowest BCUT2D eigenvalue weighted by atomic mass is 10.3. The Morgan fingerprint density at radius 1 is 1.45 bits per heavy atom. The summed E-state index contributed by atoms with van der Waals surface area (Å²) < 4.78 is 7.24. The van der Waals surface area contributed by atoms with E-state index in [4.69, 9.17) is 4.74 Å². The van der Waals surface area contributed by atoms with Crippen LogP contribution in [0.3, 0.4) is 0 Å². The predicted molar refractivity (Wildman–Crippen MR) is 84.2 cm³/mol. The van der Waals surface area contributed by atoms with Crippen LogP contribution in [0, 0.1) is 0 Å². The first-order chi connectivity index (χ1) is 10.8. The largest absolute Gasteiger partial charge is 0.497 e. The number of carbonyl (C=O) groups excluding carboxylic acids is 1. The number of anilines is 1. The second kappa shape index (κ2) is 6.51. The van der Waals surface area contributed by atoms with E-state index in [2.05, 4.69) is 20.2 Å². The fourth-order valence-corrected chi connectivity index (χ4v) is 2.38. The third-order valence-corrected chi connectivity index (χ3v) is 3.66. The molecule has 2 aromatic rings. The van der Waals surface area contributed by atoms with E-state index in [-0.39, 0.29) is 6.03 Å². The third kappa shape index (κ3) is 3.58. The summed E-state index contributed by atoms with van der Waals surface area (Å²) in [4.78, 5) is 16.3. The smallest absolute Gasteiger partial charge is 0.319 e. The first-order valence-corrected chi connectivity index (χ1v) is 7.46. The molecule has 1 aromatic heterocycles. The molecule has 2 N–H and O–H groups in total. The van der Waals surface area contributed by atoms with Crippen molar-refractivity contribution in [1.29, 1.82) is 0 Å². The van der Waals surface area contributed by atoms with Crippen molar-refractivity contribution in [2.24, 2.45) is 0 Å². The number of aromatic nitrogens is 2. The lowest BCUT2D eigenvalue weighted by Crippen LogP contribution is -2.31. The molecule has 1 saturated carbocycles. The van der Waals surface area contributed by atoms with Gasteiger partial charge in [-0.1, -0.05) is 6.07 Å². The van der Waals surface area contributed by atoms with E-state index in [1.54, 1.807) is 13.2 Å². The second-order valence-electron chi connectivity index (χ2n) is 5.37. The standard InChI is InChI=1S/C16H20N4O2/c1-22-14-4-2-3-13(11-14)19-16(21)18-8-10-20-9-7-17-15(20)12-5-6-12/h2-4,7,9,11-12H,5-6,8,10H2,1H3,(H2,18,19,21). The molecule has 0 atom stereocenters. The van der Waals surface area contributed by atoms with Crippen LogP contribution in [0.2, 0.25) is 0 Å². The molecule has 0 unspecified atom stereocenters. The molecule has 0 saturated heterocycles. The lowest BCUT2D eigenvalue weighted by molar-refractivity contribution is 0.251. The van der Waals surface area contributed by atoms with E-state index in [1.807, 2.05) is 30.6 Å². The number of methoxy groups -OCH3 is 1. The van der Waals surface area contributed by atoms with Gasteiger partial charge in [0, 0.05) is 43.2 Å². The van der Waals surface area contributed by atoms with Crippen LogP contribution >= 0.6 is 0 Å². The van der Waals surface area contributed by atoms with Gasteiger partial charge < -0.3 is 19.9 Å². The van der Waals surface area contributed by atoms with Crippen molar-refractivity contribution in [2.45, 2.75) is 25.3 Å². The van der Waals surface area contributed by atoms with E-state index in [9.17, 15) is 4.79 Å². The van der Waals surface area contributed by atoms with Gasteiger partial charge in [-0.25, -0.2) is 9.78 Å². The maximum Gasteiger partial charge on any atom is 0.319 e. The van der Waals surface area contributed by atoms with Crippen LogP contribution in [-0.4, -0.2) is 29.2 Å². The van der Waals surface area contributed by atoms with Crippen LogP contribution in [0.4, 0.5) is 10.5 Å². The van der Waals surface area contributed by atoms with E-state index in [0.717, 1.165) is 12.4 Å². The summed E-state index contributed by atoms with van der Waals surface area (Å²) in [6.45, 7) is 1.29. The van der Waals surface area contributed by atoms with E-state index in [0.29, 0.717) is 23.9 Å². The molecule has 6 heteroatoms. The van der Waals surface area contributed by atoms with E-state index < -0.39 is 0 Å². The number of rotatable bonds is 6. The molecule has 0 aliphatic heterocycles. The van der Waals surface area contributed by atoms with Crippen LogP contribution < -0.4 is 15.4 Å². The number of amides is 2. The van der Waals surface area contributed by atoms with Gasteiger partial charge in [0.1, 0.15) is 11.6 Å². The lowest BCUT2D eigenvalue weighted by Gasteiger charge is -2.10. The number of ether oxygens (including phenoxy) is 1. The average molecular weight is 300 g/mol. The fourth-order valence-electron chi connectivity index (χ4n) is 2.38. The molecular formula is C16H20N4O2. The van der Waals surface area contributed by atoms with Crippen molar-refractivity contribution in [3.05, 3.63) is 42.5 Å². The number of hydrogen-bond donors (Lipinski definition) is 2. The monoisotopic (exact) mass is 300 g/mol. The van der Waals surface area contributed by atoms with Crippen LogP contribution in [-0.2, 0) is 6.54 Å². The Morgan fingerprint density at radius 2 is 2.32 bits per heavy atom. The average Bonchev–Trinajstić information content (AvgIpc) is 3.27. The Kier molecular flexibility index (Phi) is 4.27. The molecule has 2 amide bonds. The summed E-state index contributed by atoms with van der Waals surface area (Å²) in [6, 6.07) is 7.05. The fraction of sp³-hybridized carbons (Fsp3) is 0.375. The number of carbonyl (C=O) groups is 1. The quantitative estimate of drug-likeness (QED) is 0.861. The summed E-state index contributed by atoms with van der Waals surface area (Å²) in [5, 5.41) is 5.65. The van der Waals surface area contributed by atoms with Crippen molar-refractivity contribution in [3.63, 3.8) is 0 Å². The van der Waals surface area contributed by atoms with Crippen LogP contribution in [0.1, 0.15) is 24.6 Å². The summed E-state index contributed by atoms with van der Waals surface area (Å²) in [7, 11) is 1.60. The van der Waals surface area contributed by atoms with Crippen molar-refractivity contribution in [1.82, 2.24) is 14.9 Å². The number of urea groups is 1. The summed E-state index contributed by atoms with van der Waals surface area (Å²) in [5.41, 5.74) is 0.707. The molecule has 22 heavy (non-hydrogen) atoms. The summed E-state index contributed by atoms with van der Waals surface area (Å²) in [5.74, 6) is 2.46. The molecule has 0 radical (unpaired) electrons. The Labute approximate surface area is 129 Å². The van der Waals surface area contributed by atoms with Crippen LogP contribution in [0.25, 0.3) is 0 Å². The number of benzene rings is 1. The molecule has 0 bridgehead atoms. The molecule has 0 spiro atoms. The third-order valence-electron chi connectivity index (χ3n) is 3.66. The Balaban J connectivity index is 1.46. The first kappa shape index (κ1) is 14.4. The Bertz CT molecular complexity index is 649. The van der Waals surface area contributed by atoms with Crippen LogP contribution in [0.5, 0.6) is 5.75 Å². The SMILES string of the molecule is COc1cccc(NC(=O)NCCn2ccnc2C2CC2)c1. The highest BCUT2D eigenvalue weighted by Crippen LogP contribution is 2.38. The van der Waals surface area contributed by atoms with Gasteiger partial charge in [-0.15, -0.1) is 0 Å². The van der Waals surface area contributed by atoms with E-state index >= 15 is 0 Å². The zero-order valence-corrected chi connectivity index (χ0v) is 12.6. The molecule has 116 valence electrons. The zero-order chi connectivity index (χ0) is 15.4. The molecule has 1 aliphatic carbocycles. The minimum atomic E-state index is -0.221. The molecular weight excluding hydrogens is 280 g/mol. The number of nitrogens with zero attached hydrogens (tertiary/aromatic N) is 2. The first-order valence-electron chi connectivity index (χ1n) is 7.46. The normalized spacial score (nSPS) is 13.7. The molecule has 1 heterocycles. The van der Waals surface area contributed by atoms with Gasteiger partial charge in [-0.2, -0.15) is 0 Å². The van der Waals surface area contributed by atoms with Gasteiger partial charge in [0.25, 0.3) is 0 Å². The highest BCUT2D eigenvalue weighted by Gasteiger charge is 2.27. The van der Waals surface area contributed by atoms with E-state index in [1.165, 1.54) is 12.8 Å². The maximum absolute atomic E-state index is 11.9. The van der Waals surface area contributed by atoms with Gasteiger partial charge in [0.2, 0.25) is 0 Å². The summed E-state index contributed by atoms with van der Waals surface area (Å²) in [6.07, 6.45) is 6.24. The minimum Gasteiger partial charge on any atom is -0.497 e. The van der Waals surface area contributed by atoms with Gasteiger partial charge in [-0.05, 0) is 25.0 Å². The van der Waals surface area contributed by atoms with Crippen molar-refractivity contribution in [2.75, 3.05) is 19.0 Å². The minimum absolute atomic E-state index is 0.221. The van der Waals surface area contributed by atoms with Crippen molar-refractivity contribution in [3.8, 4) is 5.75 Å². The molecule has 1 aliphatic rings. The Hall–Kier alpha value is -2.50. The van der Waals surface area contributed by atoms with Crippen molar-refractivity contribution >= 4 is 11.7 Å². The maximum atomic E-state index is 11.9. The number of imidazole rings is 1. The van der Waals surface area contributed by atoms with Crippen LogP contribution in [0.15, 0.2) is 36.7 Å². The topological polar surface area (TPSA) is 68.2 Å². The molecule has 3 rings (SSSR count). The van der Waals surface area contributed by atoms with Gasteiger partial charge in [0.05, 0.1) is 7.11 Å². The molecule has 1 aromatic carbocycles. The van der Waals surface area contributed by atoms with Crippen molar-refractivity contribution < 1.29 is 9.53 Å². The Morgan fingerprint density at radius 3 is 3.09 bits per heavy atom. The summed E-state index contributed by atoms with van der Waals surface area (Å²) >= 11 is 0. The van der Waals surface area contributed by atoms with Gasteiger partial charge in [0.15, 0.2) is 0 Å². The highest BCUT2D eigenvalue weighted by atomic mass is 16.5. The highest BCUT2D eigenvalue weighted by molar-refractivity contribution is 5.89. The van der Waals surface area contributed by atoms with Gasteiger partial charge >= 0.3 is 6.03 Å².